The van der Waals surface area contributed by atoms with E-state index in [1.54, 1.807) is 0 Å². The van der Waals surface area contributed by atoms with Gasteiger partial charge in [-0.15, -0.1) is 0 Å². The van der Waals surface area contributed by atoms with Crippen LogP contribution < -0.4 is 4.74 Å². The summed E-state index contributed by atoms with van der Waals surface area (Å²) in [6.07, 6.45) is 3.64. The van der Waals surface area contributed by atoms with E-state index in [0.717, 1.165) is 29.7 Å². The van der Waals surface area contributed by atoms with E-state index in [9.17, 15) is 5.11 Å². The fraction of sp³-hybridized carbons (Fsp3) is 0.538. The Morgan fingerprint density at radius 1 is 1.00 bits per heavy atom. The third-order valence-corrected chi connectivity index (χ3v) is 11.1. The SMILES string of the molecule is CC(O)C(O[Si](C)(C)C(C)(C)C)c1cc2c(cc1OCc1ccccc1)CCCC2. The summed E-state index contributed by atoms with van der Waals surface area (Å²) < 4.78 is 13.1. The quantitative estimate of drug-likeness (QED) is 0.508. The van der Waals surface area contributed by atoms with Crippen LogP contribution in [-0.4, -0.2) is 19.5 Å². The normalized spacial score (nSPS) is 16.6. The van der Waals surface area contributed by atoms with Crippen LogP contribution in [0.2, 0.25) is 18.1 Å². The molecule has 2 aromatic carbocycles. The van der Waals surface area contributed by atoms with Gasteiger partial charge in [-0.2, -0.15) is 0 Å². The minimum Gasteiger partial charge on any atom is -0.489 e. The maximum absolute atomic E-state index is 10.8. The Balaban J connectivity index is 1.98. The zero-order valence-corrected chi connectivity index (χ0v) is 20.5. The van der Waals surface area contributed by atoms with Crippen LogP contribution in [0.3, 0.4) is 0 Å². The van der Waals surface area contributed by atoms with Gasteiger partial charge in [0.1, 0.15) is 12.4 Å². The van der Waals surface area contributed by atoms with Crippen molar-refractivity contribution in [2.24, 2.45) is 0 Å². The number of rotatable bonds is 7. The van der Waals surface area contributed by atoms with Crippen molar-refractivity contribution >= 4 is 8.32 Å². The van der Waals surface area contributed by atoms with Gasteiger partial charge in [0, 0.05) is 5.56 Å². The lowest BCUT2D eigenvalue weighted by Gasteiger charge is -2.40. The molecule has 3 rings (SSSR count). The van der Waals surface area contributed by atoms with E-state index in [2.05, 4.69) is 58.1 Å². The second-order valence-corrected chi connectivity index (χ2v) is 14.9. The molecule has 0 fully saturated rings. The molecule has 0 amide bonds. The van der Waals surface area contributed by atoms with Gasteiger partial charge in [0.15, 0.2) is 8.32 Å². The number of hydrogen-bond donors (Lipinski definition) is 1. The number of fused-ring (bicyclic) bond motifs is 1. The van der Waals surface area contributed by atoms with E-state index < -0.39 is 14.4 Å². The molecule has 3 nitrogen and oxygen atoms in total. The molecule has 1 aliphatic carbocycles. The first-order valence-corrected chi connectivity index (χ1v) is 14.2. The predicted molar refractivity (Wildman–Crippen MR) is 127 cm³/mol. The lowest BCUT2D eigenvalue weighted by atomic mass is 9.88. The van der Waals surface area contributed by atoms with Gasteiger partial charge in [-0.3, -0.25) is 0 Å². The van der Waals surface area contributed by atoms with Crippen LogP contribution in [-0.2, 0) is 23.9 Å². The largest absolute Gasteiger partial charge is 0.489 e. The second kappa shape index (κ2) is 9.25. The first-order valence-electron chi connectivity index (χ1n) is 11.3. The van der Waals surface area contributed by atoms with Crippen molar-refractivity contribution in [3.8, 4) is 5.75 Å². The maximum Gasteiger partial charge on any atom is 0.193 e. The van der Waals surface area contributed by atoms with E-state index >= 15 is 0 Å². The van der Waals surface area contributed by atoms with Gasteiger partial charge in [0.2, 0.25) is 0 Å². The molecule has 1 aliphatic rings. The van der Waals surface area contributed by atoms with Gasteiger partial charge in [-0.05, 0) is 79.6 Å². The summed E-state index contributed by atoms with van der Waals surface area (Å²) in [5, 5.41) is 10.8. The van der Waals surface area contributed by atoms with Crippen molar-refractivity contribution in [3.05, 3.63) is 64.7 Å². The molecule has 0 aliphatic heterocycles. The van der Waals surface area contributed by atoms with Gasteiger partial charge in [0.25, 0.3) is 0 Å². The van der Waals surface area contributed by atoms with Crippen LogP contribution in [0.5, 0.6) is 5.75 Å². The Labute approximate surface area is 183 Å². The fourth-order valence-electron chi connectivity index (χ4n) is 3.78. The molecule has 0 spiro atoms. The maximum atomic E-state index is 10.8. The number of benzene rings is 2. The van der Waals surface area contributed by atoms with Gasteiger partial charge in [0.05, 0.1) is 12.2 Å². The summed E-state index contributed by atoms with van der Waals surface area (Å²) >= 11 is 0. The first kappa shape index (κ1) is 23.0. The standard InChI is InChI=1S/C26H38O3Si/c1-19(27)25(29-30(5,6)26(2,3)4)23-16-21-14-10-11-15-22(21)17-24(23)28-18-20-12-8-7-9-13-20/h7-9,12-13,16-17,19,25,27H,10-11,14-15,18H2,1-6H3. The Kier molecular flexibility index (Phi) is 7.11. The summed E-state index contributed by atoms with van der Waals surface area (Å²) in [5.41, 5.74) is 4.89. The Hall–Kier alpha value is -1.62. The average molecular weight is 427 g/mol. The monoisotopic (exact) mass is 426 g/mol. The predicted octanol–water partition coefficient (Wildman–Crippen LogP) is 6.59. The number of aliphatic hydroxyl groups excluding tert-OH is 1. The highest BCUT2D eigenvalue weighted by atomic mass is 28.4. The molecule has 2 unspecified atom stereocenters. The molecule has 0 saturated heterocycles. The summed E-state index contributed by atoms with van der Waals surface area (Å²) in [6, 6.07) is 14.7. The number of hydrogen-bond acceptors (Lipinski definition) is 3. The minimum absolute atomic E-state index is 0.0689. The highest BCUT2D eigenvalue weighted by Crippen LogP contribution is 2.43. The Bertz CT molecular complexity index is 837. The Morgan fingerprint density at radius 2 is 1.60 bits per heavy atom. The number of aliphatic hydroxyl groups is 1. The van der Waals surface area contributed by atoms with Gasteiger partial charge in [-0.25, -0.2) is 0 Å². The summed E-state index contributed by atoms with van der Waals surface area (Å²) in [6.45, 7) is 13.5. The molecule has 2 aromatic rings. The molecular formula is C26H38O3Si. The molecule has 0 saturated carbocycles. The van der Waals surface area contributed by atoms with E-state index in [1.807, 2.05) is 25.1 Å². The highest BCUT2D eigenvalue weighted by molar-refractivity contribution is 6.74. The second-order valence-electron chi connectivity index (χ2n) is 10.2. The molecule has 4 heteroatoms. The van der Waals surface area contributed by atoms with Crippen LogP contribution in [0.1, 0.15) is 68.9 Å². The molecule has 0 radical (unpaired) electrons. The third-order valence-electron chi connectivity index (χ3n) is 6.68. The molecular weight excluding hydrogens is 388 g/mol. The lowest BCUT2D eigenvalue weighted by Crippen LogP contribution is -2.43. The van der Waals surface area contributed by atoms with Crippen LogP contribution in [0, 0.1) is 0 Å². The third kappa shape index (κ3) is 5.34. The van der Waals surface area contributed by atoms with Crippen LogP contribution in [0.4, 0.5) is 0 Å². The fourth-order valence-corrected chi connectivity index (χ4v) is 5.09. The highest BCUT2D eigenvalue weighted by Gasteiger charge is 2.41. The van der Waals surface area contributed by atoms with Crippen LogP contribution >= 0.6 is 0 Å². The van der Waals surface area contributed by atoms with Crippen LogP contribution in [0.15, 0.2) is 42.5 Å². The number of aryl methyl sites for hydroxylation is 2. The molecule has 30 heavy (non-hydrogen) atoms. The van der Waals surface area contributed by atoms with Crippen molar-refractivity contribution < 1.29 is 14.3 Å². The average Bonchev–Trinajstić information content (AvgIpc) is 2.69. The van der Waals surface area contributed by atoms with E-state index in [1.165, 1.54) is 24.0 Å². The zero-order chi connectivity index (χ0) is 21.9. The van der Waals surface area contributed by atoms with Crippen molar-refractivity contribution in [1.82, 2.24) is 0 Å². The smallest absolute Gasteiger partial charge is 0.193 e. The van der Waals surface area contributed by atoms with Crippen LogP contribution in [0.25, 0.3) is 0 Å². The van der Waals surface area contributed by atoms with Crippen molar-refractivity contribution in [1.29, 1.82) is 0 Å². The van der Waals surface area contributed by atoms with Crippen molar-refractivity contribution in [2.75, 3.05) is 0 Å². The minimum atomic E-state index is -2.07. The van der Waals surface area contributed by atoms with Gasteiger partial charge >= 0.3 is 0 Å². The zero-order valence-electron chi connectivity index (χ0n) is 19.5. The van der Waals surface area contributed by atoms with Gasteiger partial charge < -0.3 is 14.3 Å². The molecule has 1 N–H and O–H groups in total. The topological polar surface area (TPSA) is 38.7 Å². The van der Waals surface area contributed by atoms with E-state index in [-0.39, 0.29) is 11.1 Å². The number of ether oxygens (including phenoxy) is 1. The van der Waals surface area contributed by atoms with Gasteiger partial charge in [-0.1, -0.05) is 51.1 Å². The Morgan fingerprint density at radius 3 is 2.17 bits per heavy atom. The molecule has 2 atom stereocenters. The molecule has 0 heterocycles. The molecule has 0 aromatic heterocycles. The summed E-state index contributed by atoms with van der Waals surface area (Å²) in [5.74, 6) is 0.851. The molecule has 0 bridgehead atoms. The lowest BCUT2D eigenvalue weighted by molar-refractivity contribution is 0.0364. The summed E-state index contributed by atoms with van der Waals surface area (Å²) in [4.78, 5) is 0. The first-order chi connectivity index (χ1) is 14.1. The van der Waals surface area contributed by atoms with Crippen molar-refractivity contribution in [3.63, 3.8) is 0 Å². The summed E-state index contributed by atoms with van der Waals surface area (Å²) in [7, 11) is -2.07. The van der Waals surface area contributed by atoms with E-state index in [0.29, 0.717) is 6.61 Å². The van der Waals surface area contributed by atoms with Crippen molar-refractivity contribution in [2.45, 2.75) is 90.3 Å². The molecule has 164 valence electrons. The van der Waals surface area contributed by atoms with E-state index in [4.69, 9.17) is 9.16 Å².